The minimum absolute atomic E-state index is 0.0279. The van der Waals surface area contributed by atoms with E-state index < -0.39 is 12.0 Å². The van der Waals surface area contributed by atoms with Crippen molar-refractivity contribution in [3.63, 3.8) is 0 Å². The minimum Gasteiger partial charge on any atom is -0.465 e. The fourth-order valence-corrected chi connectivity index (χ4v) is 0.852. The number of hydrogen-bond donors (Lipinski definition) is 2. The van der Waals surface area contributed by atoms with Crippen LogP contribution in [0.2, 0.25) is 0 Å². The number of carbonyl (C=O) groups is 2. The van der Waals surface area contributed by atoms with Crippen molar-refractivity contribution < 1.29 is 14.7 Å². The molecular formula is C8H8N2O3. The van der Waals surface area contributed by atoms with Crippen molar-refractivity contribution in [1.82, 2.24) is 10.3 Å². The van der Waals surface area contributed by atoms with Crippen molar-refractivity contribution in [2.75, 3.05) is 0 Å². The summed E-state index contributed by atoms with van der Waals surface area (Å²) < 4.78 is 0. The molecule has 0 atom stereocenters. The maximum atomic E-state index is 10.9. The topological polar surface area (TPSA) is 79.3 Å². The lowest BCUT2D eigenvalue weighted by Gasteiger charge is -1.98. The minimum atomic E-state index is -1.34. The third kappa shape index (κ3) is 3.33. The van der Waals surface area contributed by atoms with E-state index in [-0.39, 0.29) is 6.42 Å². The van der Waals surface area contributed by atoms with Gasteiger partial charge in [-0.3, -0.25) is 15.1 Å². The van der Waals surface area contributed by atoms with E-state index in [1.807, 2.05) is 0 Å². The summed E-state index contributed by atoms with van der Waals surface area (Å²) >= 11 is 0. The number of rotatable bonds is 2. The van der Waals surface area contributed by atoms with E-state index in [1.54, 1.807) is 23.6 Å². The summed E-state index contributed by atoms with van der Waals surface area (Å²) in [5, 5.41) is 9.96. The quantitative estimate of drug-likeness (QED) is 0.691. The Labute approximate surface area is 74.4 Å². The molecule has 1 aromatic heterocycles. The Bertz CT molecular complexity index is 310. The SMILES string of the molecule is O=C(O)NC(=O)Cc1cccnc1. The van der Waals surface area contributed by atoms with Crippen LogP contribution < -0.4 is 5.32 Å². The van der Waals surface area contributed by atoms with Gasteiger partial charge in [-0.05, 0) is 11.6 Å². The third-order valence-electron chi connectivity index (χ3n) is 1.33. The number of nitrogens with zero attached hydrogens (tertiary/aromatic N) is 1. The van der Waals surface area contributed by atoms with Gasteiger partial charge >= 0.3 is 6.09 Å². The molecule has 0 aromatic carbocycles. The number of amides is 2. The molecule has 0 saturated carbocycles. The molecule has 0 bridgehead atoms. The second-order valence-electron chi connectivity index (χ2n) is 2.39. The summed E-state index contributed by atoms with van der Waals surface area (Å²) in [7, 11) is 0. The second kappa shape index (κ2) is 4.20. The highest BCUT2D eigenvalue weighted by atomic mass is 16.4. The van der Waals surface area contributed by atoms with Gasteiger partial charge in [0.2, 0.25) is 5.91 Å². The van der Waals surface area contributed by atoms with E-state index in [0.717, 1.165) is 0 Å². The molecule has 68 valence electrons. The molecule has 1 heterocycles. The third-order valence-corrected chi connectivity index (χ3v) is 1.33. The largest absolute Gasteiger partial charge is 0.465 e. The molecule has 0 unspecified atom stereocenters. The molecule has 1 rings (SSSR count). The Morgan fingerprint density at radius 2 is 2.31 bits per heavy atom. The Morgan fingerprint density at radius 3 is 2.85 bits per heavy atom. The Morgan fingerprint density at radius 1 is 1.54 bits per heavy atom. The predicted molar refractivity (Wildman–Crippen MR) is 44.1 cm³/mol. The van der Waals surface area contributed by atoms with Crippen molar-refractivity contribution >= 4 is 12.0 Å². The molecule has 0 aliphatic carbocycles. The average molecular weight is 180 g/mol. The van der Waals surface area contributed by atoms with Gasteiger partial charge in [-0.1, -0.05) is 6.07 Å². The Hall–Kier alpha value is -1.91. The van der Waals surface area contributed by atoms with Crippen LogP contribution in [0.5, 0.6) is 0 Å². The zero-order valence-corrected chi connectivity index (χ0v) is 6.73. The molecule has 5 heteroatoms. The van der Waals surface area contributed by atoms with Gasteiger partial charge in [0.15, 0.2) is 0 Å². The number of carbonyl (C=O) groups excluding carboxylic acids is 1. The first-order valence-corrected chi connectivity index (χ1v) is 3.60. The summed E-state index contributed by atoms with van der Waals surface area (Å²) in [6.45, 7) is 0. The van der Waals surface area contributed by atoms with Crippen molar-refractivity contribution in [3.05, 3.63) is 30.1 Å². The number of imide groups is 1. The first-order chi connectivity index (χ1) is 6.18. The molecule has 13 heavy (non-hydrogen) atoms. The highest BCUT2D eigenvalue weighted by Gasteiger charge is 2.05. The smallest absolute Gasteiger partial charge is 0.411 e. The molecule has 0 fully saturated rings. The van der Waals surface area contributed by atoms with Crippen LogP contribution in [0.25, 0.3) is 0 Å². The van der Waals surface area contributed by atoms with Crippen molar-refractivity contribution in [2.45, 2.75) is 6.42 Å². The summed E-state index contributed by atoms with van der Waals surface area (Å²) in [6, 6.07) is 3.39. The van der Waals surface area contributed by atoms with Gasteiger partial charge in [0.25, 0.3) is 0 Å². The monoisotopic (exact) mass is 180 g/mol. The van der Waals surface area contributed by atoms with E-state index in [0.29, 0.717) is 5.56 Å². The van der Waals surface area contributed by atoms with Gasteiger partial charge in [0.1, 0.15) is 0 Å². The zero-order valence-electron chi connectivity index (χ0n) is 6.73. The highest BCUT2D eigenvalue weighted by Crippen LogP contribution is 1.96. The van der Waals surface area contributed by atoms with Crippen molar-refractivity contribution in [2.24, 2.45) is 0 Å². The first-order valence-electron chi connectivity index (χ1n) is 3.60. The second-order valence-corrected chi connectivity index (χ2v) is 2.39. The molecular weight excluding hydrogens is 172 g/mol. The van der Waals surface area contributed by atoms with Crippen LogP contribution in [0.15, 0.2) is 24.5 Å². The van der Waals surface area contributed by atoms with Crippen LogP contribution in [0, 0.1) is 0 Å². The van der Waals surface area contributed by atoms with Gasteiger partial charge in [-0.25, -0.2) is 4.79 Å². The molecule has 0 saturated heterocycles. The maximum absolute atomic E-state index is 10.9. The van der Waals surface area contributed by atoms with Crippen LogP contribution in [-0.4, -0.2) is 22.1 Å². The molecule has 0 spiro atoms. The van der Waals surface area contributed by atoms with Crippen LogP contribution in [0.4, 0.5) is 4.79 Å². The number of pyridine rings is 1. The van der Waals surface area contributed by atoms with Gasteiger partial charge in [0, 0.05) is 12.4 Å². The number of aromatic nitrogens is 1. The first kappa shape index (κ1) is 9.18. The molecule has 2 amide bonds. The van der Waals surface area contributed by atoms with E-state index >= 15 is 0 Å². The summed E-state index contributed by atoms with van der Waals surface area (Å²) in [5.41, 5.74) is 0.682. The fourth-order valence-electron chi connectivity index (χ4n) is 0.852. The molecule has 5 nitrogen and oxygen atoms in total. The lowest BCUT2D eigenvalue weighted by Crippen LogP contribution is -2.29. The lowest BCUT2D eigenvalue weighted by atomic mass is 10.2. The van der Waals surface area contributed by atoms with Gasteiger partial charge in [-0.15, -0.1) is 0 Å². The maximum Gasteiger partial charge on any atom is 0.411 e. The number of hydrogen-bond acceptors (Lipinski definition) is 3. The number of nitrogens with one attached hydrogen (secondary N) is 1. The summed E-state index contributed by atoms with van der Waals surface area (Å²) in [5.74, 6) is -0.555. The standard InChI is InChI=1S/C8H8N2O3/c11-7(10-8(12)13)4-6-2-1-3-9-5-6/h1-3,5H,4H2,(H,10,11)(H,12,13). The van der Waals surface area contributed by atoms with Gasteiger partial charge in [0.05, 0.1) is 6.42 Å². The van der Waals surface area contributed by atoms with Crippen LogP contribution in [0.3, 0.4) is 0 Å². The predicted octanol–water partition coefficient (Wildman–Crippen LogP) is 0.418. The van der Waals surface area contributed by atoms with Crippen molar-refractivity contribution in [3.8, 4) is 0 Å². The summed E-state index contributed by atoms with van der Waals surface area (Å²) in [6.07, 6.45) is 1.79. The van der Waals surface area contributed by atoms with E-state index in [9.17, 15) is 9.59 Å². The van der Waals surface area contributed by atoms with E-state index in [1.165, 1.54) is 6.20 Å². The van der Waals surface area contributed by atoms with Crippen molar-refractivity contribution in [1.29, 1.82) is 0 Å². The average Bonchev–Trinajstić information content (AvgIpc) is 2.04. The van der Waals surface area contributed by atoms with Gasteiger partial charge < -0.3 is 5.11 Å². The lowest BCUT2D eigenvalue weighted by molar-refractivity contribution is -0.119. The Balaban J connectivity index is 2.50. The molecule has 2 N–H and O–H groups in total. The van der Waals surface area contributed by atoms with Crippen LogP contribution in [0.1, 0.15) is 5.56 Å². The molecule has 1 aromatic rings. The Kier molecular flexibility index (Phi) is 2.97. The van der Waals surface area contributed by atoms with Gasteiger partial charge in [-0.2, -0.15) is 0 Å². The van der Waals surface area contributed by atoms with E-state index in [2.05, 4.69) is 4.98 Å². The van der Waals surface area contributed by atoms with Crippen LogP contribution in [-0.2, 0) is 11.2 Å². The molecule has 0 aliphatic heterocycles. The highest BCUT2D eigenvalue weighted by molar-refractivity contribution is 5.91. The molecule has 0 radical (unpaired) electrons. The zero-order chi connectivity index (χ0) is 9.68. The summed E-state index contributed by atoms with van der Waals surface area (Å²) in [4.78, 5) is 24.7. The molecule has 0 aliphatic rings. The number of carboxylic acid groups (broad SMARTS) is 1. The van der Waals surface area contributed by atoms with E-state index in [4.69, 9.17) is 5.11 Å². The fraction of sp³-hybridized carbons (Fsp3) is 0.125. The van der Waals surface area contributed by atoms with Crippen LogP contribution >= 0.6 is 0 Å². The normalized spacial score (nSPS) is 9.23.